The summed E-state index contributed by atoms with van der Waals surface area (Å²) in [5, 5.41) is 6.20. The number of anilines is 2. The van der Waals surface area contributed by atoms with E-state index in [0.29, 0.717) is 27.5 Å². The summed E-state index contributed by atoms with van der Waals surface area (Å²) in [5.41, 5.74) is 1.24. The molecule has 2 aromatic heterocycles. The lowest BCUT2D eigenvalue weighted by atomic mass is 10.1. The van der Waals surface area contributed by atoms with E-state index in [1.165, 1.54) is 18.3 Å². The molecular weight excluding hydrogens is 392 g/mol. The van der Waals surface area contributed by atoms with Crippen LogP contribution >= 0.6 is 11.3 Å². The molecule has 0 fully saturated rings. The maximum atomic E-state index is 12.6. The number of benzene rings is 2. The lowest BCUT2D eigenvalue weighted by Crippen LogP contribution is -2.06. The maximum Gasteiger partial charge on any atom is 0.345 e. The Bertz CT molecular complexity index is 1260. The summed E-state index contributed by atoms with van der Waals surface area (Å²) in [5.74, 6) is 0.402. The molecule has 0 bridgehead atoms. The number of carbonyl (C=O) groups is 1. The summed E-state index contributed by atoms with van der Waals surface area (Å²) in [6, 6.07) is 14.2. The van der Waals surface area contributed by atoms with Crippen molar-refractivity contribution in [1.82, 2.24) is 4.98 Å². The highest BCUT2D eigenvalue weighted by atomic mass is 32.1. The first kappa shape index (κ1) is 18.7. The van der Waals surface area contributed by atoms with Gasteiger partial charge in [0.05, 0.1) is 24.1 Å². The SMILES string of the molecule is COc1ccccc1Nc1nc(-c2cc3cccc(OC(C)=O)c3oc2=O)cs1. The van der Waals surface area contributed by atoms with Gasteiger partial charge in [-0.25, -0.2) is 9.78 Å². The molecule has 7 nitrogen and oxygen atoms in total. The van der Waals surface area contributed by atoms with Crippen molar-refractivity contribution in [2.45, 2.75) is 6.92 Å². The first-order valence-electron chi connectivity index (χ1n) is 8.66. The van der Waals surface area contributed by atoms with Crippen LogP contribution in [0, 0.1) is 0 Å². The highest BCUT2D eigenvalue weighted by molar-refractivity contribution is 7.14. The molecule has 29 heavy (non-hydrogen) atoms. The molecule has 0 spiro atoms. The van der Waals surface area contributed by atoms with Crippen molar-refractivity contribution in [1.29, 1.82) is 0 Å². The predicted molar refractivity (Wildman–Crippen MR) is 111 cm³/mol. The van der Waals surface area contributed by atoms with Crippen molar-refractivity contribution in [2.24, 2.45) is 0 Å². The Kier molecular flexibility index (Phi) is 5.01. The predicted octanol–water partition coefficient (Wildman–Crippen LogP) is 4.59. The molecule has 4 aromatic rings. The minimum Gasteiger partial charge on any atom is -0.495 e. The zero-order valence-corrected chi connectivity index (χ0v) is 16.4. The van der Waals surface area contributed by atoms with E-state index in [1.807, 2.05) is 24.3 Å². The molecule has 0 aliphatic heterocycles. The molecule has 0 atom stereocenters. The van der Waals surface area contributed by atoms with E-state index in [0.717, 1.165) is 5.69 Å². The minimum absolute atomic E-state index is 0.204. The molecule has 8 heteroatoms. The van der Waals surface area contributed by atoms with Gasteiger partial charge in [-0.3, -0.25) is 4.79 Å². The van der Waals surface area contributed by atoms with Crippen LogP contribution in [0.25, 0.3) is 22.2 Å². The zero-order chi connectivity index (χ0) is 20.4. The van der Waals surface area contributed by atoms with Gasteiger partial charge in [0, 0.05) is 17.7 Å². The fourth-order valence-corrected chi connectivity index (χ4v) is 3.57. The van der Waals surface area contributed by atoms with Gasteiger partial charge in [-0.1, -0.05) is 24.3 Å². The topological polar surface area (TPSA) is 90.7 Å². The molecule has 0 saturated carbocycles. The number of para-hydroxylation sites is 3. The van der Waals surface area contributed by atoms with Crippen LogP contribution in [-0.2, 0) is 4.79 Å². The van der Waals surface area contributed by atoms with Crippen molar-refractivity contribution >= 4 is 39.1 Å². The van der Waals surface area contributed by atoms with Crippen LogP contribution in [0.3, 0.4) is 0 Å². The summed E-state index contributed by atoms with van der Waals surface area (Å²) >= 11 is 1.36. The Morgan fingerprint density at radius 2 is 1.93 bits per heavy atom. The number of hydrogen-bond donors (Lipinski definition) is 1. The number of nitrogens with zero attached hydrogens (tertiary/aromatic N) is 1. The van der Waals surface area contributed by atoms with Gasteiger partial charge in [0.2, 0.25) is 0 Å². The molecular formula is C21H16N2O5S. The normalized spacial score (nSPS) is 10.7. The van der Waals surface area contributed by atoms with Crippen LogP contribution < -0.4 is 20.4 Å². The summed E-state index contributed by atoms with van der Waals surface area (Å²) < 4.78 is 15.9. The number of nitrogens with one attached hydrogen (secondary N) is 1. The van der Waals surface area contributed by atoms with E-state index in [9.17, 15) is 9.59 Å². The third-order valence-electron chi connectivity index (χ3n) is 4.11. The van der Waals surface area contributed by atoms with Crippen LogP contribution in [0.2, 0.25) is 0 Å². The first-order chi connectivity index (χ1) is 14.0. The Labute approximate surface area is 169 Å². The molecule has 1 N–H and O–H groups in total. The zero-order valence-electron chi connectivity index (χ0n) is 15.6. The van der Waals surface area contributed by atoms with E-state index in [4.69, 9.17) is 13.9 Å². The van der Waals surface area contributed by atoms with E-state index in [1.54, 1.807) is 36.8 Å². The van der Waals surface area contributed by atoms with Crippen LogP contribution in [0.1, 0.15) is 6.92 Å². The molecule has 0 aliphatic carbocycles. The van der Waals surface area contributed by atoms with Crippen LogP contribution in [0.4, 0.5) is 10.8 Å². The molecule has 0 aliphatic rings. The molecule has 0 radical (unpaired) electrons. The lowest BCUT2D eigenvalue weighted by molar-refractivity contribution is -0.131. The van der Waals surface area contributed by atoms with Crippen molar-refractivity contribution < 1.29 is 18.7 Å². The minimum atomic E-state index is -0.564. The van der Waals surface area contributed by atoms with Crippen molar-refractivity contribution in [2.75, 3.05) is 12.4 Å². The summed E-state index contributed by atoms with van der Waals surface area (Å²) in [4.78, 5) is 28.3. The second-order valence-electron chi connectivity index (χ2n) is 6.08. The molecule has 0 amide bonds. The molecule has 2 heterocycles. The van der Waals surface area contributed by atoms with Gasteiger partial charge >= 0.3 is 11.6 Å². The quantitative estimate of drug-likeness (QED) is 0.293. The fraction of sp³-hybridized carbons (Fsp3) is 0.0952. The van der Waals surface area contributed by atoms with Crippen molar-refractivity contribution in [3.63, 3.8) is 0 Å². The number of rotatable bonds is 5. The van der Waals surface area contributed by atoms with Crippen LogP contribution in [-0.4, -0.2) is 18.1 Å². The number of ether oxygens (including phenoxy) is 2. The Balaban J connectivity index is 1.70. The van der Waals surface area contributed by atoms with Gasteiger partial charge in [-0.15, -0.1) is 11.3 Å². The van der Waals surface area contributed by atoms with Gasteiger partial charge in [0.15, 0.2) is 16.5 Å². The Morgan fingerprint density at radius 1 is 1.14 bits per heavy atom. The average molecular weight is 408 g/mol. The number of thiazole rings is 1. The highest BCUT2D eigenvalue weighted by Gasteiger charge is 2.15. The Hall–Kier alpha value is -3.65. The standard InChI is InChI=1S/C21H16N2O5S/c1-12(24)27-18-9-5-6-13-10-14(20(25)28-19(13)18)16-11-29-21(23-16)22-15-7-3-4-8-17(15)26-2/h3-11H,1-2H3,(H,22,23). The van der Waals surface area contributed by atoms with Gasteiger partial charge in [0.1, 0.15) is 5.75 Å². The third-order valence-corrected chi connectivity index (χ3v) is 4.86. The molecule has 2 aromatic carbocycles. The third kappa shape index (κ3) is 3.83. The number of aromatic nitrogens is 1. The maximum absolute atomic E-state index is 12.6. The van der Waals surface area contributed by atoms with Gasteiger partial charge in [-0.05, 0) is 24.3 Å². The van der Waals surface area contributed by atoms with Crippen molar-refractivity contribution in [3.05, 3.63) is 64.3 Å². The number of esters is 1. The molecule has 0 saturated heterocycles. The second-order valence-corrected chi connectivity index (χ2v) is 6.94. The van der Waals surface area contributed by atoms with Crippen LogP contribution in [0.5, 0.6) is 11.5 Å². The summed E-state index contributed by atoms with van der Waals surface area (Å²) in [6.07, 6.45) is 0. The lowest BCUT2D eigenvalue weighted by Gasteiger charge is -2.08. The summed E-state index contributed by atoms with van der Waals surface area (Å²) in [7, 11) is 1.60. The Morgan fingerprint density at radius 3 is 2.72 bits per heavy atom. The second kappa shape index (κ2) is 7.76. The fourth-order valence-electron chi connectivity index (χ4n) is 2.85. The van der Waals surface area contributed by atoms with Crippen LogP contribution in [0.15, 0.2) is 63.1 Å². The number of methoxy groups -OCH3 is 1. The monoisotopic (exact) mass is 408 g/mol. The van der Waals surface area contributed by atoms with E-state index >= 15 is 0 Å². The largest absolute Gasteiger partial charge is 0.495 e. The van der Waals surface area contributed by atoms with Gasteiger partial charge in [0.25, 0.3) is 0 Å². The van der Waals surface area contributed by atoms with Crippen molar-refractivity contribution in [3.8, 4) is 22.8 Å². The first-order valence-corrected chi connectivity index (χ1v) is 9.54. The van der Waals surface area contributed by atoms with Gasteiger partial charge < -0.3 is 19.2 Å². The van der Waals surface area contributed by atoms with E-state index < -0.39 is 11.6 Å². The molecule has 0 unspecified atom stereocenters. The number of hydrogen-bond acceptors (Lipinski definition) is 8. The average Bonchev–Trinajstić information content (AvgIpc) is 3.16. The highest BCUT2D eigenvalue weighted by Crippen LogP contribution is 2.32. The van der Waals surface area contributed by atoms with E-state index in [-0.39, 0.29) is 11.3 Å². The number of fused-ring (bicyclic) bond motifs is 1. The number of carbonyl (C=O) groups excluding carboxylic acids is 1. The summed E-state index contributed by atoms with van der Waals surface area (Å²) in [6.45, 7) is 1.29. The van der Waals surface area contributed by atoms with Gasteiger partial charge in [-0.2, -0.15) is 0 Å². The molecule has 4 rings (SSSR count). The van der Waals surface area contributed by atoms with E-state index in [2.05, 4.69) is 10.3 Å². The smallest absolute Gasteiger partial charge is 0.345 e. The molecule has 146 valence electrons.